The highest BCUT2D eigenvalue weighted by atomic mass is 16.7. The third-order valence-corrected chi connectivity index (χ3v) is 7.23. The zero-order chi connectivity index (χ0) is 29.4. The molecular weight excluding hydrogens is 522 g/mol. The van der Waals surface area contributed by atoms with E-state index in [-0.39, 0.29) is 24.7 Å². The Kier molecular flexibility index (Phi) is 10.6. The van der Waals surface area contributed by atoms with Gasteiger partial charge in [-0.3, -0.25) is 14.6 Å². The van der Waals surface area contributed by atoms with Crippen molar-refractivity contribution in [2.24, 2.45) is 5.92 Å². The monoisotopic (exact) mass is 561 g/mol. The maximum Gasteiger partial charge on any atom is 0.303 e. The molecule has 9 heteroatoms. The number of likely N-dealkylation sites (N-methyl/N-ethyl adjacent to an activating group) is 1. The number of carbonyl (C=O) groups excluding carboxylic acids is 2. The molecule has 2 N–H and O–H groups in total. The molecule has 0 spiro atoms. The number of rotatable bonds is 11. The lowest BCUT2D eigenvalue weighted by molar-refractivity contribution is -0.275. The first-order chi connectivity index (χ1) is 19.7. The summed E-state index contributed by atoms with van der Waals surface area (Å²) < 4.78 is 18.1. The Morgan fingerprint density at radius 3 is 2.54 bits per heavy atom. The first kappa shape index (κ1) is 30.3. The van der Waals surface area contributed by atoms with E-state index in [1.807, 2.05) is 66.9 Å². The highest BCUT2D eigenvalue weighted by molar-refractivity contribution is 5.95. The average Bonchev–Trinajstić information content (AvgIpc) is 2.97. The second-order valence-corrected chi connectivity index (χ2v) is 10.5. The van der Waals surface area contributed by atoms with E-state index < -0.39 is 24.3 Å². The lowest BCUT2D eigenvalue weighted by Crippen LogP contribution is -2.44. The number of carbonyl (C=O) groups is 2. The molecule has 2 aromatic carbocycles. The van der Waals surface area contributed by atoms with Crippen LogP contribution in [0.15, 0.2) is 72.9 Å². The number of aliphatic hydroxyl groups is 1. The molecule has 0 bridgehead atoms. The van der Waals surface area contributed by atoms with Crippen molar-refractivity contribution < 1.29 is 28.9 Å². The molecule has 1 aromatic heterocycles. The summed E-state index contributed by atoms with van der Waals surface area (Å²) in [6, 6.07) is 21.0. The van der Waals surface area contributed by atoms with Crippen LogP contribution in [0.1, 0.15) is 55.5 Å². The molecule has 1 saturated heterocycles. The Morgan fingerprint density at radius 2 is 1.85 bits per heavy atom. The van der Waals surface area contributed by atoms with E-state index in [9.17, 15) is 14.7 Å². The van der Waals surface area contributed by atoms with Gasteiger partial charge in [0.05, 0.1) is 18.8 Å². The van der Waals surface area contributed by atoms with E-state index in [2.05, 4.69) is 29.2 Å². The van der Waals surface area contributed by atoms with E-state index in [0.717, 1.165) is 35.3 Å². The van der Waals surface area contributed by atoms with Gasteiger partial charge in [-0.25, -0.2) is 0 Å². The summed E-state index contributed by atoms with van der Waals surface area (Å²) >= 11 is 0. The van der Waals surface area contributed by atoms with E-state index in [0.29, 0.717) is 12.2 Å². The molecule has 0 aliphatic carbocycles. The number of nitrogens with one attached hydrogen (secondary N) is 1. The molecule has 0 saturated carbocycles. The molecular formula is C32H39N3O6. The SMILES string of the molecule is CC(=O)O[C@@H](C)C(=O)Nc1cccc([C@H]2O[C@@H](CN(C)CCc3ccccn3)[C@@H](C)[C@@H](c3ccc(CO)cc3)O2)c1. The Hall–Kier alpha value is -3.63. The topological polar surface area (TPSA) is 110 Å². The van der Waals surface area contributed by atoms with Crippen LogP contribution in [0.5, 0.6) is 0 Å². The number of aliphatic hydroxyl groups excluding tert-OH is 1. The van der Waals surface area contributed by atoms with Crippen LogP contribution in [-0.2, 0) is 36.8 Å². The van der Waals surface area contributed by atoms with Crippen molar-refractivity contribution >= 4 is 17.6 Å². The molecule has 4 rings (SSSR count). The summed E-state index contributed by atoms with van der Waals surface area (Å²) in [7, 11) is 2.08. The predicted octanol–water partition coefficient (Wildman–Crippen LogP) is 4.43. The quantitative estimate of drug-likeness (QED) is 0.331. The molecule has 1 aliphatic heterocycles. The summed E-state index contributed by atoms with van der Waals surface area (Å²) in [6.45, 7) is 6.42. The number of pyridine rings is 1. The highest BCUT2D eigenvalue weighted by Crippen LogP contribution is 2.42. The second kappa shape index (κ2) is 14.3. The lowest BCUT2D eigenvalue weighted by atomic mass is 9.90. The van der Waals surface area contributed by atoms with Crippen LogP contribution in [0, 0.1) is 5.92 Å². The minimum atomic E-state index is -0.920. The van der Waals surface area contributed by atoms with Crippen LogP contribution in [0.3, 0.4) is 0 Å². The first-order valence-corrected chi connectivity index (χ1v) is 13.9. The molecule has 1 fully saturated rings. The van der Waals surface area contributed by atoms with Gasteiger partial charge in [0.2, 0.25) is 0 Å². The molecule has 1 aliphatic rings. The number of hydrogen-bond donors (Lipinski definition) is 2. The van der Waals surface area contributed by atoms with Crippen molar-refractivity contribution in [2.75, 3.05) is 25.5 Å². The Morgan fingerprint density at radius 1 is 1.07 bits per heavy atom. The number of anilines is 1. The maximum atomic E-state index is 12.5. The van der Waals surface area contributed by atoms with E-state index >= 15 is 0 Å². The molecule has 0 radical (unpaired) electrons. The van der Waals surface area contributed by atoms with Crippen LogP contribution in [-0.4, -0.2) is 59.2 Å². The summed E-state index contributed by atoms with van der Waals surface area (Å²) in [5.41, 5.74) is 4.19. The average molecular weight is 562 g/mol. The van der Waals surface area contributed by atoms with Gasteiger partial charge >= 0.3 is 5.97 Å². The maximum absolute atomic E-state index is 12.5. The molecule has 0 unspecified atom stereocenters. The van der Waals surface area contributed by atoms with Gasteiger partial charge in [-0.05, 0) is 49.4 Å². The number of benzene rings is 2. The fourth-order valence-electron chi connectivity index (χ4n) is 4.89. The number of aromatic nitrogens is 1. The number of hydrogen-bond acceptors (Lipinski definition) is 8. The molecule has 41 heavy (non-hydrogen) atoms. The van der Waals surface area contributed by atoms with Crippen molar-refractivity contribution in [3.8, 4) is 0 Å². The van der Waals surface area contributed by atoms with Crippen LogP contribution in [0.2, 0.25) is 0 Å². The molecule has 9 nitrogen and oxygen atoms in total. The standard InChI is InChI=1S/C32H39N3O6/c1-21-29(19-35(4)17-15-27-9-5-6-16-33-27)40-32(41-30(21)25-13-11-24(20-36)12-14-25)26-8-7-10-28(18-26)34-31(38)22(2)39-23(3)37/h5-14,16,18,21-22,29-30,32,36H,15,17,19-20H2,1-4H3,(H,34,38)/t21-,22+,29+,30+,32+/m1/s1. The van der Waals surface area contributed by atoms with Crippen LogP contribution < -0.4 is 5.32 Å². The predicted molar refractivity (Wildman–Crippen MR) is 155 cm³/mol. The fourth-order valence-corrected chi connectivity index (χ4v) is 4.89. The van der Waals surface area contributed by atoms with Crippen LogP contribution >= 0.6 is 0 Å². The zero-order valence-corrected chi connectivity index (χ0v) is 24.0. The van der Waals surface area contributed by atoms with Crippen LogP contribution in [0.4, 0.5) is 5.69 Å². The van der Waals surface area contributed by atoms with Gasteiger partial charge in [0, 0.05) is 55.5 Å². The summed E-state index contributed by atoms with van der Waals surface area (Å²) in [5.74, 6) is -0.907. The fraction of sp³-hybridized carbons (Fsp3) is 0.406. The first-order valence-electron chi connectivity index (χ1n) is 13.9. The number of nitrogens with zero attached hydrogens (tertiary/aromatic N) is 2. The molecule has 3 aromatic rings. The van der Waals surface area contributed by atoms with Gasteiger partial charge < -0.3 is 29.5 Å². The Labute approximate surface area is 241 Å². The minimum absolute atomic E-state index is 0.0224. The van der Waals surface area contributed by atoms with Gasteiger partial charge in [-0.2, -0.15) is 0 Å². The third kappa shape index (κ3) is 8.43. The van der Waals surface area contributed by atoms with Gasteiger partial charge in [0.25, 0.3) is 5.91 Å². The number of amides is 1. The van der Waals surface area contributed by atoms with Crippen molar-refractivity contribution in [1.29, 1.82) is 0 Å². The van der Waals surface area contributed by atoms with Crippen molar-refractivity contribution in [3.05, 3.63) is 95.3 Å². The van der Waals surface area contributed by atoms with E-state index in [4.69, 9.17) is 14.2 Å². The zero-order valence-electron chi connectivity index (χ0n) is 24.0. The summed E-state index contributed by atoms with van der Waals surface area (Å²) in [4.78, 5) is 30.5. The molecule has 218 valence electrons. The van der Waals surface area contributed by atoms with Gasteiger partial charge in [0.15, 0.2) is 12.4 Å². The summed E-state index contributed by atoms with van der Waals surface area (Å²) in [6.07, 6.45) is 0.647. The molecule has 1 amide bonds. The Bertz CT molecular complexity index is 1290. The number of ether oxygens (including phenoxy) is 3. The largest absolute Gasteiger partial charge is 0.453 e. The Balaban J connectivity index is 1.53. The third-order valence-electron chi connectivity index (χ3n) is 7.23. The number of esters is 1. The lowest BCUT2D eigenvalue weighted by Gasteiger charge is -2.42. The van der Waals surface area contributed by atoms with Gasteiger partial charge in [-0.1, -0.05) is 49.4 Å². The minimum Gasteiger partial charge on any atom is -0.453 e. The van der Waals surface area contributed by atoms with Gasteiger partial charge in [-0.15, -0.1) is 0 Å². The van der Waals surface area contributed by atoms with Gasteiger partial charge in [0.1, 0.15) is 0 Å². The van der Waals surface area contributed by atoms with Crippen LogP contribution in [0.25, 0.3) is 0 Å². The smallest absolute Gasteiger partial charge is 0.303 e. The van der Waals surface area contributed by atoms with Crippen molar-refractivity contribution in [2.45, 2.75) is 58.4 Å². The van der Waals surface area contributed by atoms with E-state index in [1.165, 1.54) is 13.8 Å². The normalized spacial score (nSPS) is 21.3. The summed E-state index contributed by atoms with van der Waals surface area (Å²) in [5, 5.41) is 12.3. The molecule has 5 atom stereocenters. The molecule has 2 heterocycles. The van der Waals surface area contributed by atoms with E-state index in [1.54, 1.807) is 6.07 Å². The highest BCUT2D eigenvalue weighted by Gasteiger charge is 2.39. The van der Waals surface area contributed by atoms with Crippen molar-refractivity contribution in [3.63, 3.8) is 0 Å². The second-order valence-electron chi connectivity index (χ2n) is 10.5. The van der Waals surface area contributed by atoms with Crippen molar-refractivity contribution in [1.82, 2.24) is 9.88 Å².